The Kier molecular flexibility index (Phi) is 5.24. The molecule has 5 aromatic carbocycles. The van der Waals surface area contributed by atoms with E-state index < -0.39 is 0 Å². The quantitative estimate of drug-likeness (QED) is 0.244. The fourth-order valence-corrected chi connectivity index (χ4v) is 3.49. The molecule has 0 aliphatic rings. The maximum atomic E-state index is 5.74. The van der Waals surface area contributed by atoms with Crippen molar-refractivity contribution in [2.24, 2.45) is 0 Å². The summed E-state index contributed by atoms with van der Waals surface area (Å²) in [4.78, 5) is 0. The van der Waals surface area contributed by atoms with E-state index in [1.165, 1.54) is 10.8 Å². The van der Waals surface area contributed by atoms with Crippen molar-refractivity contribution in [3.63, 3.8) is 0 Å². The summed E-state index contributed by atoms with van der Waals surface area (Å²) in [6.45, 7) is 0.171. The predicted octanol–water partition coefficient (Wildman–Crippen LogP) is 6.81. The van der Waals surface area contributed by atoms with Gasteiger partial charge in [-0.2, -0.15) is 0 Å². The van der Waals surface area contributed by atoms with Crippen LogP contribution in [0.4, 0.5) is 0 Å². The maximum absolute atomic E-state index is 5.74. The third-order valence-electron chi connectivity index (χ3n) is 5.11. The lowest BCUT2D eigenvalue weighted by Gasteiger charge is -2.09. The first kappa shape index (κ1) is 18.8. The number of ether oxygens (including phenoxy) is 2. The van der Waals surface area contributed by atoms with E-state index in [4.69, 9.17) is 9.47 Å². The highest BCUT2D eigenvalue weighted by Crippen LogP contribution is 2.22. The van der Waals surface area contributed by atoms with Crippen molar-refractivity contribution in [1.82, 2.24) is 0 Å². The molecular weight excluding hydrogens is 380 g/mol. The average Bonchev–Trinajstić information content (AvgIpc) is 2.83. The van der Waals surface area contributed by atoms with Gasteiger partial charge in [-0.15, -0.1) is 0 Å². The van der Waals surface area contributed by atoms with Gasteiger partial charge < -0.3 is 9.47 Å². The number of fused-ring (bicyclic) bond motifs is 2. The second-order valence-electron chi connectivity index (χ2n) is 7.26. The van der Waals surface area contributed by atoms with Gasteiger partial charge in [0.15, 0.2) is 0 Å². The molecule has 2 nitrogen and oxygen atoms in total. The van der Waals surface area contributed by atoms with Crippen molar-refractivity contribution in [3.8, 4) is 23.3 Å². The van der Waals surface area contributed by atoms with Crippen LogP contribution >= 0.6 is 0 Å². The van der Waals surface area contributed by atoms with E-state index in [1.54, 1.807) is 0 Å². The summed E-state index contributed by atoms with van der Waals surface area (Å²) in [5.74, 6) is 8.13. The molecule has 2 heteroatoms. The topological polar surface area (TPSA) is 18.5 Å². The SMILES string of the molecule is C(#Cc1ccc2cc(OCOc3ccccc3)ccc2c1)c1ccc2ccccc2c1. The van der Waals surface area contributed by atoms with Gasteiger partial charge in [0.1, 0.15) is 11.5 Å². The van der Waals surface area contributed by atoms with Crippen LogP contribution in [0, 0.1) is 11.8 Å². The molecule has 0 bridgehead atoms. The average molecular weight is 400 g/mol. The second-order valence-corrected chi connectivity index (χ2v) is 7.26. The Bertz CT molecular complexity index is 1410. The Labute approximate surface area is 181 Å². The fraction of sp³-hybridized carbons (Fsp3) is 0.0345. The molecule has 0 aliphatic carbocycles. The minimum atomic E-state index is 0.171. The van der Waals surface area contributed by atoms with E-state index in [1.807, 2.05) is 54.6 Å². The molecule has 0 spiro atoms. The number of hydrogen-bond donors (Lipinski definition) is 0. The summed E-state index contributed by atoms with van der Waals surface area (Å²) in [7, 11) is 0. The molecule has 148 valence electrons. The van der Waals surface area contributed by atoms with Gasteiger partial charge in [-0.3, -0.25) is 0 Å². The molecule has 0 amide bonds. The van der Waals surface area contributed by atoms with E-state index in [0.29, 0.717) is 0 Å². The van der Waals surface area contributed by atoms with Crippen LogP contribution in [-0.4, -0.2) is 6.79 Å². The third-order valence-corrected chi connectivity index (χ3v) is 5.11. The summed E-state index contributed by atoms with van der Waals surface area (Å²) in [6, 6.07) is 36.5. The van der Waals surface area contributed by atoms with Crippen molar-refractivity contribution in [2.45, 2.75) is 0 Å². The van der Waals surface area contributed by atoms with Crippen molar-refractivity contribution < 1.29 is 9.47 Å². The van der Waals surface area contributed by atoms with Crippen LogP contribution in [0.15, 0.2) is 109 Å². The normalized spacial score (nSPS) is 10.5. The van der Waals surface area contributed by atoms with Crippen LogP contribution in [0.2, 0.25) is 0 Å². The molecule has 0 unspecified atom stereocenters. The molecule has 0 aromatic heterocycles. The van der Waals surface area contributed by atoms with Gasteiger partial charge in [-0.1, -0.05) is 72.5 Å². The van der Waals surface area contributed by atoms with Gasteiger partial charge in [0.25, 0.3) is 0 Å². The van der Waals surface area contributed by atoms with E-state index in [0.717, 1.165) is 33.4 Å². The molecule has 31 heavy (non-hydrogen) atoms. The molecule has 0 saturated heterocycles. The van der Waals surface area contributed by atoms with Crippen LogP contribution in [0.1, 0.15) is 11.1 Å². The molecule has 0 N–H and O–H groups in total. The first-order valence-electron chi connectivity index (χ1n) is 10.2. The van der Waals surface area contributed by atoms with Crippen LogP contribution in [-0.2, 0) is 0 Å². The van der Waals surface area contributed by atoms with Gasteiger partial charge in [0.2, 0.25) is 6.79 Å². The molecule has 0 saturated carbocycles. The minimum Gasteiger partial charge on any atom is -0.458 e. The molecule has 0 radical (unpaired) electrons. The van der Waals surface area contributed by atoms with E-state index in [-0.39, 0.29) is 6.79 Å². The second kappa shape index (κ2) is 8.65. The van der Waals surface area contributed by atoms with Crippen LogP contribution in [0.25, 0.3) is 21.5 Å². The lowest BCUT2D eigenvalue weighted by atomic mass is 10.1. The summed E-state index contributed by atoms with van der Waals surface area (Å²) in [6.07, 6.45) is 0. The van der Waals surface area contributed by atoms with E-state index in [2.05, 4.69) is 66.4 Å². The molecule has 0 fully saturated rings. The van der Waals surface area contributed by atoms with Gasteiger partial charge in [-0.25, -0.2) is 0 Å². The van der Waals surface area contributed by atoms with Crippen LogP contribution < -0.4 is 9.47 Å². The van der Waals surface area contributed by atoms with Crippen LogP contribution in [0.5, 0.6) is 11.5 Å². The fourth-order valence-electron chi connectivity index (χ4n) is 3.49. The number of hydrogen-bond acceptors (Lipinski definition) is 2. The van der Waals surface area contributed by atoms with E-state index >= 15 is 0 Å². The van der Waals surface area contributed by atoms with Gasteiger partial charge in [0.05, 0.1) is 0 Å². The van der Waals surface area contributed by atoms with Crippen molar-refractivity contribution in [2.75, 3.05) is 6.79 Å². The van der Waals surface area contributed by atoms with Crippen molar-refractivity contribution >= 4 is 21.5 Å². The molecule has 0 aliphatic heterocycles. The highest BCUT2D eigenvalue weighted by atomic mass is 16.7. The standard InChI is InChI=1S/C29H20O2/c1-2-8-28(9-3-1)30-21-31-29-17-16-26-19-23(13-15-27(26)20-29)11-10-22-12-14-24-6-4-5-7-25(24)18-22/h1-9,12-20H,21H2. The Balaban J connectivity index is 1.30. The highest BCUT2D eigenvalue weighted by molar-refractivity contribution is 5.86. The summed E-state index contributed by atoms with van der Waals surface area (Å²) >= 11 is 0. The molecule has 0 atom stereocenters. The monoisotopic (exact) mass is 400 g/mol. The van der Waals surface area contributed by atoms with Gasteiger partial charge >= 0.3 is 0 Å². The largest absolute Gasteiger partial charge is 0.458 e. The van der Waals surface area contributed by atoms with Crippen LogP contribution in [0.3, 0.4) is 0 Å². The maximum Gasteiger partial charge on any atom is 0.230 e. The first-order valence-corrected chi connectivity index (χ1v) is 10.2. The predicted molar refractivity (Wildman–Crippen MR) is 126 cm³/mol. The van der Waals surface area contributed by atoms with Gasteiger partial charge in [0, 0.05) is 11.1 Å². The zero-order chi connectivity index (χ0) is 20.9. The summed E-state index contributed by atoms with van der Waals surface area (Å²) in [5, 5.41) is 4.66. The molecule has 0 heterocycles. The van der Waals surface area contributed by atoms with Crippen molar-refractivity contribution in [1.29, 1.82) is 0 Å². The zero-order valence-electron chi connectivity index (χ0n) is 16.9. The van der Waals surface area contributed by atoms with Gasteiger partial charge in [-0.05, 0) is 70.1 Å². The molecular formula is C29H20O2. The Hall–Kier alpha value is -4.22. The highest BCUT2D eigenvalue weighted by Gasteiger charge is 2.00. The Morgan fingerprint density at radius 2 is 1.00 bits per heavy atom. The number of benzene rings is 5. The Morgan fingerprint density at radius 3 is 1.77 bits per heavy atom. The van der Waals surface area contributed by atoms with E-state index in [9.17, 15) is 0 Å². The summed E-state index contributed by atoms with van der Waals surface area (Å²) < 4.78 is 11.3. The number of para-hydroxylation sites is 1. The first-order chi connectivity index (χ1) is 15.3. The minimum absolute atomic E-state index is 0.171. The number of rotatable bonds is 4. The summed E-state index contributed by atoms with van der Waals surface area (Å²) in [5.41, 5.74) is 2.00. The zero-order valence-corrected chi connectivity index (χ0v) is 16.9. The Morgan fingerprint density at radius 1 is 0.452 bits per heavy atom. The third kappa shape index (κ3) is 4.52. The van der Waals surface area contributed by atoms with Crippen molar-refractivity contribution in [3.05, 3.63) is 120 Å². The molecule has 5 aromatic rings. The lowest BCUT2D eigenvalue weighted by molar-refractivity contribution is 0.120. The molecule has 5 rings (SSSR count). The lowest BCUT2D eigenvalue weighted by Crippen LogP contribution is -2.05. The smallest absolute Gasteiger partial charge is 0.230 e.